The summed E-state index contributed by atoms with van der Waals surface area (Å²) in [4.78, 5) is 18.2. The Bertz CT molecular complexity index is 471. The summed E-state index contributed by atoms with van der Waals surface area (Å²) in [7, 11) is 0. The van der Waals surface area contributed by atoms with Gasteiger partial charge in [0.05, 0.1) is 5.41 Å². The Morgan fingerprint density at radius 1 is 1.50 bits per heavy atom. The van der Waals surface area contributed by atoms with Gasteiger partial charge in [-0.05, 0) is 43.9 Å². The minimum Gasteiger partial charge on any atom is -0.481 e. The number of carboxylic acids is 1. The molecule has 2 rings (SSSR count). The number of aromatic nitrogens is 1. The van der Waals surface area contributed by atoms with Gasteiger partial charge in [-0.3, -0.25) is 14.7 Å². The molecule has 4 heteroatoms. The lowest BCUT2D eigenvalue weighted by Crippen LogP contribution is -2.47. The molecule has 1 atom stereocenters. The van der Waals surface area contributed by atoms with Crippen LogP contribution in [0.2, 0.25) is 0 Å². The van der Waals surface area contributed by atoms with E-state index >= 15 is 0 Å². The second kappa shape index (κ2) is 6.35. The Labute approximate surface area is 120 Å². The van der Waals surface area contributed by atoms with Gasteiger partial charge >= 0.3 is 5.97 Å². The van der Waals surface area contributed by atoms with E-state index in [1.807, 2.05) is 19.3 Å². The second-order valence-electron chi connectivity index (χ2n) is 6.02. The normalized spacial score (nSPS) is 23.7. The minimum absolute atomic E-state index is 0.551. The molecule has 0 bridgehead atoms. The molecule has 1 aromatic heterocycles. The highest BCUT2D eigenvalue weighted by Crippen LogP contribution is 2.35. The standard InChI is InChI=1S/C16H24N2O2/c1-3-5-16(15(19)20)6-4-7-18(12-16)11-14-8-13(2)9-17-10-14/h8-10H,3-7,11-12H2,1-2H3,(H,19,20). The number of carboxylic acid groups (broad SMARTS) is 1. The predicted octanol–water partition coefficient (Wildman–Crippen LogP) is 2.86. The summed E-state index contributed by atoms with van der Waals surface area (Å²) in [6, 6.07) is 2.13. The Morgan fingerprint density at radius 3 is 2.95 bits per heavy atom. The van der Waals surface area contributed by atoms with Crippen molar-refractivity contribution in [2.75, 3.05) is 13.1 Å². The maximum atomic E-state index is 11.7. The molecule has 2 heterocycles. The van der Waals surface area contributed by atoms with Crippen LogP contribution in [-0.4, -0.2) is 34.0 Å². The molecular weight excluding hydrogens is 252 g/mol. The van der Waals surface area contributed by atoms with Crippen LogP contribution in [0.1, 0.15) is 43.7 Å². The summed E-state index contributed by atoms with van der Waals surface area (Å²) in [5.41, 5.74) is 1.77. The van der Waals surface area contributed by atoms with Gasteiger partial charge in [0.1, 0.15) is 0 Å². The molecule has 20 heavy (non-hydrogen) atoms. The van der Waals surface area contributed by atoms with Crippen molar-refractivity contribution in [2.45, 2.75) is 46.1 Å². The van der Waals surface area contributed by atoms with Crippen LogP contribution < -0.4 is 0 Å². The van der Waals surface area contributed by atoms with Gasteiger partial charge in [-0.15, -0.1) is 0 Å². The molecule has 0 aromatic carbocycles. The molecule has 1 saturated heterocycles. The lowest BCUT2D eigenvalue weighted by atomic mass is 9.76. The van der Waals surface area contributed by atoms with E-state index in [1.165, 1.54) is 5.56 Å². The first kappa shape index (κ1) is 15.0. The third-order valence-corrected chi connectivity index (χ3v) is 4.18. The maximum absolute atomic E-state index is 11.7. The maximum Gasteiger partial charge on any atom is 0.310 e. The van der Waals surface area contributed by atoms with Crippen molar-refractivity contribution in [1.82, 2.24) is 9.88 Å². The molecule has 1 aromatic rings. The van der Waals surface area contributed by atoms with Gasteiger partial charge in [0, 0.05) is 25.5 Å². The van der Waals surface area contributed by atoms with E-state index in [0.29, 0.717) is 6.54 Å². The van der Waals surface area contributed by atoms with Crippen LogP contribution >= 0.6 is 0 Å². The molecule has 0 saturated carbocycles. The van der Waals surface area contributed by atoms with Crippen LogP contribution in [-0.2, 0) is 11.3 Å². The molecular formula is C16H24N2O2. The molecule has 0 radical (unpaired) electrons. The molecule has 0 aliphatic carbocycles. The molecule has 110 valence electrons. The number of aryl methyl sites for hydroxylation is 1. The summed E-state index contributed by atoms with van der Waals surface area (Å²) >= 11 is 0. The Morgan fingerprint density at radius 2 is 2.30 bits per heavy atom. The number of carbonyl (C=O) groups is 1. The van der Waals surface area contributed by atoms with Crippen molar-refractivity contribution in [3.63, 3.8) is 0 Å². The predicted molar refractivity (Wildman–Crippen MR) is 78.5 cm³/mol. The van der Waals surface area contributed by atoms with Crippen molar-refractivity contribution in [3.05, 3.63) is 29.6 Å². The average molecular weight is 276 g/mol. The minimum atomic E-state index is -0.633. The van der Waals surface area contributed by atoms with Crippen molar-refractivity contribution in [3.8, 4) is 0 Å². The van der Waals surface area contributed by atoms with Crippen molar-refractivity contribution in [1.29, 1.82) is 0 Å². The monoisotopic (exact) mass is 276 g/mol. The Kier molecular flexibility index (Phi) is 4.76. The lowest BCUT2D eigenvalue weighted by Gasteiger charge is -2.40. The van der Waals surface area contributed by atoms with Gasteiger partial charge < -0.3 is 5.11 Å². The SMILES string of the molecule is CCCC1(C(=O)O)CCCN(Cc2cncc(C)c2)C1. The first-order valence-corrected chi connectivity index (χ1v) is 7.42. The number of hydrogen-bond donors (Lipinski definition) is 1. The summed E-state index contributed by atoms with van der Waals surface area (Å²) in [6.45, 7) is 6.53. The first-order chi connectivity index (χ1) is 9.55. The van der Waals surface area contributed by atoms with Crippen LogP contribution in [0.5, 0.6) is 0 Å². The van der Waals surface area contributed by atoms with E-state index in [1.54, 1.807) is 0 Å². The average Bonchev–Trinajstić information content (AvgIpc) is 2.39. The molecule has 1 fully saturated rings. The number of likely N-dealkylation sites (tertiary alicyclic amines) is 1. The van der Waals surface area contributed by atoms with Gasteiger partial charge in [-0.1, -0.05) is 19.4 Å². The van der Waals surface area contributed by atoms with E-state index in [-0.39, 0.29) is 0 Å². The number of rotatable bonds is 5. The topological polar surface area (TPSA) is 53.4 Å². The zero-order chi connectivity index (χ0) is 14.6. The van der Waals surface area contributed by atoms with Crippen LogP contribution in [0.15, 0.2) is 18.5 Å². The third kappa shape index (κ3) is 3.37. The van der Waals surface area contributed by atoms with Crippen LogP contribution in [0.4, 0.5) is 0 Å². The first-order valence-electron chi connectivity index (χ1n) is 7.42. The fourth-order valence-electron chi connectivity index (χ4n) is 3.29. The zero-order valence-electron chi connectivity index (χ0n) is 12.4. The van der Waals surface area contributed by atoms with Crippen LogP contribution in [0.25, 0.3) is 0 Å². The lowest BCUT2D eigenvalue weighted by molar-refractivity contribution is -0.153. The molecule has 1 aliphatic heterocycles. The summed E-state index contributed by atoms with van der Waals surface area (Å²) < 4.78 is 0. The van der Waals surface area contributed by atoms with Crippen molar-refractivity contribution in [2.24, 2.45) is 5.41 Å². The number of aliphatic carboxylic acids is 1. The fraction of sp³-hybridized carbons (Fsp3) is 0.625. The Balaban J connectivity index is 2.08. The zero-order valence-corrected chi connectivity index (χ0v) is 12.4. The molecule has 4 nitrogen and oxygen atoms in total. The number of piperidine rings is 1. The third-order valence-electron chi connectivity index (χ3n) is 4.18. The highest BCUT2D eigenvalue weighted by Gasteiger charge is 2.41. The smallest absolute Gasteiger partial charge is 0.310 e. The molecule has 1 aliphatic rings. The van der Waals surface area contributed by atoms with E-state index < -0.39 is 11.4 Å². The van der Waals surface area contributed by atoms with Crippen LogP contribution in [0.3, 0.4) is 0 Å². The van der Waals surface area contributed by atoms with E-state index in [9.17, 15) is 9.90 Å². The van der Waals surface area contributed by atoms with E-state index in [0.717, 1.165) is 44.3 Å². The second-order valence-corrected chi connectivity index (χ2v) is 6.02. The fourth-order valence-corrected chi connectivity index (χ4v) is 3.29. The quantitative estimate of drug-likeness (QED) is 0.898. The van der Waals surface area contributed by atoms with Crippen LogP contribution in [0, 0.1) is 12.3 Å². The van der Waals surface area contributed by atoms with Gasteiger partial charge in [0.25, 0.3) is 0 Å². The highest BCUT2D eigenvalue weighted by atomic mass is 16.4. The number of pyridine rings is 1. The van der Waals surface area contributed by atoms with Gasteiger partial charge in [0.2, 0.25) is 0 Å². The largest absolute Gasteiger partial charge is 0.481 e. The van der Waals surface area contributed by atoms with Crippen molar-refractivity contribution >= 4 is 5.97 Å². The molecule has 0 spiro atoms. The number of nitrogens with zero attached hydrogens (tertiary/aromatic N) is 2. The van der Waals surface area contributed by atoms with Crippen molar-refractivity contribution < 1.29 is 9.90 Å². The molecule has 1 unspecified atom stereocenters. The molecule has 0 amide bonds. The summed E-state index contributed by atoms with van der Waals surface area (Å²) in [5, 5.41) is 9.61. The Hall–Kier alpha value is -1.42. The van der Waals surface area contributed by atoms with Gasteiger partial charge in [-0.2, -0.15) is 0 Å². The van der Waals surface area contributed by atoms with Gasteiger partial charge in [0.15, 0.2) is 0 Å². The summed E-state index contributed by atoms with van der Waals surface area (Å²) in [5.74, 6) is -0.633. The van der Waals surface area contributed by atoms with Gasteiger partial charge in [-0.25, -0.2) is 0 Å². The highest BCUT2D eigenvalue weighted by molar-refractivity contribution is 5.75. The van der Waals surface area contributed by atoms with E-state index in [2.05, 4.69) is 22.9 Å². The van der Waals surface area contributed by atoms with E-state index in [4.69, 9.17) is 0 Å². The summed E-state index contributed by atoms with van der Waals surface area (Å²) in [6.07, 6.45) is 7.18. The molecule has 1 N–H and O–H groups in total. The number of hydrogen-bond acceptors (Lipinski definition) is 3.